The van der Waals surface area contributed by atoms with Gasteiger partial charge in [-0.3, -0.25) is 14.5 Å². The van der Waals surface area contributed by atoms with E-state index in [9.17, 15) is 9.59 Å². The molecular formula is C20H24N4O2S. The van der Waals surface area contributed by atoms with Gasteiger partial charge in [-0.05, 0) is 43.0 Å². The lowest BCUT2D eigenvalue weighted by Crippen LogP contribution is -2.36. The van der Waals surface area contributed by atoms with E-state index in [1.807, 2.05) is 43.0 Å². The van der Waals surface area contributed by atoms with Crippen LogP contribution in [0.25, 0.3) is 0 Å². The third-order valence-corrected chi connectivity index (χ3v) is 4.85. The van der Waals surface area contributed by atoms with Gasteiger partial charge in [0.1, 0.15) is 11.1 Å². The summed E-state index contributed by atoms with van der Waals surface area (Å²) in [5, 5.41) is 17.0. The molecule has 0 saturated carbocycles. The molecule has 1 heterocycles. The van der Waals surface area contributed by atoms with Crippen molar-refractivity contribution in [2.45, 2.75) is 26.7 Å². The van der Waals surface area contributed by atoms with E-state index >= 15 is 0 Å². The lowest BCUT2D eigenvalue weighted by molar-refractivity contribution is -0.119. The van der Waals surface area contributed by atoms with E-state index in [1.165, 1.54) is 11.3 Å². The number of anilines is 2. The molecule has 0 atom stereocenters. The van der Waals surface area contributed by atoms with Crippen LogP contribution >= 0.6 is 11.3 Å². The Morgan fingerprint density at radius 3 is 2.63 bits per heavy atom. The smallest absolute Gasteiger partial charge is 0.238 e. The summed E-state index contributed by atoms with van der Waals surface area (Å²) in [5.41, 5.74) is 2.28. The van der Waals surface area contributed by atoms with Gasteiger partial charge < -0.3 is 10.6 Å². The molecular weight excluding hydrogens is 360 g/mol. The number of nitriles is 1. The third kappa shape index (κ3) is 6.51. The van der Waals surface area contributed by atoms with Crippen LogP contribution in [-0.4, -0.2) is 36.3 Å². The molecule has 27 heavy (non-hydrogen) atoms. The zero-order valence-electron chi connectivity index (χ0n) is 15.6. The quantitative estimate of drug-likeness (QED) is 0.692. The highest BCUT2D eigenvalue weighted by Gasteiger charge is 2.14. The number of benzene rings is 1. The molecule has 6 nitrogen and oxygen atoms in total. The molecule has 2 N–H and O–H groups in total. The number of amides is 2. The van der Waals surface area contributed by atoms with Gasteiger partial charge in [-0.1, -0.05) is 25.1 Å². The Balaban J connectivity index is 1.85. The molecule has 0 aliphatic heterocycles. The number of carbonyl (C=O) groups is 2. The lowest BCUT2D eigenvalue weighted by Gasteiger charge is -2.21. The summed E-state index contributed by atoms with van der Waals surface area (Å²) in [4.78, 5) is 26.5. The first-order valence-electron chi connectivity index (χ1n) is 8.88. The molecule has 0 saturated heterocycles. The van der Waals surface area contributed by atoms with Gasteiger partial charge in [-0.15, -0.1) is 11.3 Å². The number of thiophene rings is 1. The summed E-state index contributed by atoms with van der Waals surface area (Å²) < 4.78 is 0. The lowest BCUT2D eigenvalue weighted by atomic mass is 10.2. The van der Waals surface area contributed by atoms with E-state index in [1.54, 1.807) is 11.4 Å². The fraction of sp³-hybridized carbons (Fsp3) is 0.350. The highest BCUT2D eigenvalue weighted by Crippen LogP contribution is 2.22. The first kappa shape index (κ1) is 20.6. The van der Waals surface area contributed by atoms with Crippen LogP contribution in [0.2, 0.25) is 0 Å². The van der Waals surface area contributed by atoms with Crippen LogP contribution in [0, 0.1) is 18.3 Å². The fourth-order valence-electron chi connectivity index (χ4n) is 2.64. The summed E-state index contributed by atoms with van der Waals surface area (Å²) in [6.45, 7) is 5.43. The normalized spacial score (nSPS) is 10.4. The standard InChI is InChI=1S/C20H24N4O2S/c1-3-10-24(14-19(26)22-17-7-5-4-6-15(17)2)11-8-18(25)23-20-16(13-21)9-12-27-20/h4-7,9,12H,3,8,10-11,14H2,1-2H3,(H,22,26)(H,23,25). The second-order valence-electron chi connectivity index (χ2n) is 6.21. The topological polar surface area (TPSA) is 85.2 Å². The van der Waals surface area contributed by atoms with Crippen molar-refractivity contribution in [1.82, 2.24) is 4.90 Å². The van der Waals surface area contributed by atoms with Gasteiger partial charge in [-0.25, -0.2) is 0 Å². The largest absolute Gasteiger partial charge is 0.325 e. The summed E-state index contributed by atoms with van der Waals surface area (Å²) in [6.07, 6.45) is 1.16. The Morgan fingerprint density at radius 2 is 1.93 bits per heavy atom. The molecule has 1 aromatic carbocycles. The predicted molar refractivity (Wildman–Crippen MR) is 109 cm³/mol. The minimum atomic E-state index is -0.158. The molecule has 0 bridgehead atoms. The number of hydrogen-bond acceptors (Lipinski definition) is 5. The van der Waals surface area contributed by atoms with Gasteiger partial charge in [0.2, 0.25) is 11.8 Å². The van der Waals surface area contributed by atoms with Crippen LogP contribution in [0.5, 0.6) is 0 Å². The van der Waals surface area contributed by atoms with Crippen LogP contribution in [0.15, 0.2) is 35.7 Å². The SMILES string of the molecule is CCCN(CCC(=O)Nc1sccc1C#N)CC(=O)Nc1ccccc1C. The summed E-state index contributed by atoms with van der Waals surface area (Å²) in [6, 6.07) is 11.4. The fourth-order valence-corrected chi connectivity index (χ4v) is 3.39. The molecule has 0 spiro atoms. The zero-order chi connectivity index (χ0) is 19.6. The first-order valence-corrected chi connectivity index (χ1v) is 9.76. The molecule has 0 radical (unpaired) electrons. The monoisotopic (exact) mass is 384 g/mol. The Hall–Kier alpha value is -2.69. The Kier molecular flexibility index (Phi) is 7.99. The maximum Gasteiger partial charge on any atom is 0.238 e. The van der Waals surface area contributed by atoms with E-state index in [0.717, 1.165) is 24.2 Å². The van der Waals surface area contributed by atoms with Crippen molar-refractivity contribution in [2.24, 2.45) is 0 Å². The molecule has 0 unspecified atom stereocenters. The number of hydrogen-bond donors (Lipinski definition) is 2. The minimum Gasteiger partial charge on any atom is -0.325 e. The highest BCUT2D eigenvalue weighted by molar-refractivity contribution is 7.14. The Morgan fingerprint density at radius 1 is 1.15 bits per heavy atom. The zero-order valence-corrected chi connectivity index (χ0v) is 16.4. The number of carbonyl (C=O) groups excluding carboxylic acids is 2. The van der Waals surface area contributed by atoms with E-state index in [2.05, 4.69) is 16.7 Å². The average Bonchev–Trinajstić information content (AvgIpc) is 3.09. The summed E-state index contributed by atoms with van der Waals surface area (Å²) >= 11 is 1.33. The molecule has 2 rings (SSSR count). The highest BCUT2D eigenvalue weighted by atomic mass is 32.1. The van der Waals surface area contributed by atoms with Crippen LogP contribution in [0.4, 0.5) is 10.7 Å². The molecule has 0 aliphatic carbocycles. The van der Waals surface area contributed by atoms with Gasteiger partial charge in [0, 0.05) is 18.7 Å². The molecule has 7 heteroatoms. The van der Waals surface area contributed by atoms with Gasteiger partial charge in [0.15, 0.2) is 0 Å². The van der Waals surface area contributed by atoms with Crippen LogP contribution < -0.4 is 10.6 Å². The molecule has 2 amide bonds. The van der Waals surface area contributed by atoms with E-state index in [0.29, 0.717) is 17.1 Å². The van der Waals surface area contributed by atoms with Crippen molar-refractivity contribution in [3.63, 3.8) is 0 Å². The number of nitrogens with one attached hydrogen (secondary N) is 2. The molecule has 1 aromatic heterocycles. The number of para-hydroxylation sites is 1. The maximum absolute atomic E-state index is 12.3. The van der Waals surface area contributed by atoms with Crippen molar-refractivity contribution in [3.05, 3.63) is 46.8 Å². The van der Waals surface area contributed by atoms with Crippen molar-refractivity contribution in [2.75, 3.05) is 30.3 Å². The number of rotatable bonds is 9. The Labute approximate surface area is 163 Å². The van der Waals surface area contributed by atoms with Crippen LogP contribution in [-0.2, 0) is 9.59 Å². The summed E-state index contributed by atoms with van der Waals surface area (Å²) in [7, 11) is 0. The third-order valence-electron chi connectivity index (χ3n) is 4.02. The second kappa shape index (κ2) is 10.5. The van der Waals surface area contributed by atoms with Gasteiger partial charge >= 0.3 is 0 Å². The molecule has 0 aliphatic rings. The van der Waals surface area contributed by atoms with Crippen molar-refractivity contribution >= 4 is 33.8 Å². The van der Waals surface area contributed by atoms with E-state index in [-0.39, 0.29) is 24.8 Å². The minimum absolute atomic E-state index is 0.0943. The van der Waals surface area contributed by atoms with E-state index < -0.39 is 0 Å². The van der Waals surface area contributed by atoms with E-state index in [4.69, 9.17) is 5.26 Å². The Bertz CT molecular complexity index is 825. The first-order chi connectivity index (χ1) is 13.0. The molecule has 0 fully saturated rings. The van der Waals surface area contributed by atoms with Gasteiger partial charge in [-0.2, -0.15) is 5.26 Å². The average molecular weight is 385 g/mol. The summed E-state index contributed by atoms with van der Waals surface area (Å²) in [5.74, 6) is -0.252. The number of aryl methyl sites for hydroxylation is 1. The number of nitrogens with zero attached hydrogens (tertiary/aromatic N) is 2. The maximum atomic E-state index is 12.3. The predicted octanol–water partition coefficient (Wildman–Crippen LogP) is 3.61. The van der Waals surface area contributed by atoms with Gasteiger partial charge in [0.25, 0.3) is 0 Å². The van der Waals surface area contributed by atoms with Crippen molar-refractivity contribution in [1.29, 1.82) is 5.26 Å². The van der Waals surface area contributed by atoms with Crippen LogP contribution in [0.1, 0.15) is 30.9 Å². The van der Waals surface area contributed by atoms with Gasteiger partial charge in [0.05, 0.1) is 12.1 Å². The second-order valence-corrected chi connectivity index (χ2v) is 7.13. The van der Waals surface area contributed by atoms with Crippen molar-refractivity contribution in [3.8, 4) is 6.07 Å². The molecule has 2 aromatic rings. The van der Waals surface area contributed by atoms with Crippen LogP contribution in [0.3, 0.4) is 0 Å². The van der Waals surface area contributed by atoms with Crippen molar-refractivity contribution < 1.29 is 9.59 Å². The molecule has 142 valence electrons.